The highest BCUT2D eigenvalue weighted by Gasteiger charge is 2.30. The number of aliphatic hydroxyl groups is 1. The molecule has 0 amide bonds. The first-order valence-electron chi connectivity index (χ1n) is 8.86. The molecule has 0 saturated heterocycles. The average Bonchev–Trinajstić information content (AvgIpc) is 2.91. The van der Waals surface area contributed by atoms with Crippen molar-refractivity contribution in [1.82, 2.24) is 9.55 Å². The van der Waals surface area contributed by atoms with Gasteiger partial charge in [-0.05, 0) is 23.1 Å². The summed E-state index contributed by atoms with van der Waals surface area (Å²) in [7, 11) is 2.04. The Morgan fingerprint density at radius 2 is 1.58 bits per heavy atom. The number of rotatable bonds is 5. The number of aliphatic hydroxyl groups excluding tert-OH is 1. The Labute approximate surface area is 160 Å². The summed E-state index contributed by atoms with van der Waals surface area (Å²) in [6, 6.07) is 20.6. The number of imidazole rings is 1. The van der Waals surface area contributed by atoms with Gasteiger partial charge in [0.15, 0.2) is 5.16 Å². The summed E-state index contributed by atoms with van der Waals surface area (Å²) >= 11 is 1.63. The number of nitrogens with zero attached hydrogens (tertiary/aromatic N) is 2. The van der Waals surface area contributed by atoms with E-state index in [1.165, 1.54) is 5.56 Å². The van der Waals surface area contributed by atoms with Crippen molar-refractivity contribution >= 4 is 11.8 Å². The van der Waals surface area contributed by atoms with Crippen LogP contribution in [0.3, 0.4) is 0 Å². The summed E-state index contributed by atoms with van der Waals surface area (Å²) < 4.78 is 2.12. The van der Waals surface area contributed by atoms with E-state index in [9.17, 15) is 5.11 Å². The molecule has 0 radical (unpaired) electrons. The first kappa shape index (κ1) is 18.7. The highest BCUT2D eigenvalue weighted by atomic mass is 32.2. The monoisotopic (exact) mass is 366 g/mol. The second-order valence-corrected chi connectivity index (χ2v) is 8.67. The van der Waals surface area contributed by atoms with Crippen LogP contribution in [0.15, 0.2) is 70.7 Å². The number of aromatic nitrogens is 2. The van der Waals surface area contributed by atoms with Gasteiger partial charge in [0.2, 0.25) is 0 Å². The fourth-order valence-corrected chi connectivity index (χ4v) is 3.74. The Morgan fingerprint density at radius 3 is 2.15 bits per heavy atom. The molecule has 0 aliphatic heterocycles. The third kappa shape index (κ3) is 4.19. The molecule has 0 aliphatic carbocycles. The predicted molar refractivity (Wildman–Crippen MR) is 107 cm³/mol. The van der Waals surface area contributed by atoms with Gasteiger partial charge in [-0.3, -0.25) is 0 Å². The molecule has 1 aromatic heterocycles. The third-order valence-electron chi connectivity index (χ3n) is 4.45. The second-order valence-electron chi connectivity index (χ2n) is 7.63. The normalized spacial score (nSPS) is 13.0. The molecular formula is C22H26N2OS. The lowest BCUT2D eigenvalue weighted by Gasteiger charge is -2.25. The lowest BCUT2D eigenvalue weighted by Crippen LogP contribution is -2.20. The molecule has 26 heavy (non-hydrogen) atoms. The van der Waals surface area contributed by atoms with Crippen molar-refractivity contribution in [2.24, 2.45) is 12.5 Å². The fourth-order valence-electron chi connectivity index (χ4n) is 2.84. The van der Waals surface area contributed by atoms with Crippen LogP contribution in [0.5, 0.6) is 0 Å². The molecule has 1 N–H and O–H groups in total. The molecular weight excluding hydrogens is 340 g/mol. The van der Waals surface area contributed by atoms with Crippen LogP contribution in [0.25, 0.3) is 0 Å². The molecule has 0 saturated carbocycles. The first-order valence-corrected chi connectivity index (χ1v) is 9.68. The van der Waals surface area contributed by atoms with Crippen molar-refractivity contribution in [1.29, 1.82) is 0 Å². The lowest BCUT2D eigenvalue weighted by atomic mass is 9.86. The summed E-state index contributed by atoms with van der Waals surface area (Å²) in [5, 5.41) is 11.8. The van der Waals surface area contributed by atoms with Crippen LogP contribution < -0.4 is 0 Å². The maximum atomic E-state index is 10.9. The highest BCUT2D eigenvalue weighted by molar-refractivity contribution is 7.99. The summed E-state index contributed by atoms with van der Waals surface area (Å²) in [4.78, 5) is 5.99. The smallest absolute Gasteiger partial charge is 0.173 e. The van der Waals surface area contributed by atoms with Crippen LogP contribution in [-0.4, -0.2) is 14.7 Å². The molecule has 136 valence electrons. The van der Waals surface area contributed by atoms with Crippen LogP contribution in [-0.2, 0) is 13.5 Å². The lowest BCUT2D eigenvalue weighted by molar-refractivity contribution is 0.0582. The van der Waals surface area contributed by atoms with Crippen molar-refractivity contribution in [2.45, 2.75) is 43.3 Å². The van der Waals surface area contributed by atoms with Gasteiger partial charge in [-0.1, -0.05) is 81.1 Å². The largest absolute Gasteiger partial charge is 0.386 e. The average molecular weight is 367 g/mol. The van der Waals surface area contributed by atoms with Crippen molar-refractivity contribution < 1.29 is 5.11 Å². The predicted octanol–water partition coefficient (Wildman–Crippen LogP) is 5.24. The van der Waals surface area contributed by atoms with Gasteiger partial charge in [-0.15, -0.1) is 0 Å². The maximum Gasteiger partial charge on any atom is 0.173 e. The summed E-state index contributed by atoms with van der Waals surface area (Å²) in [6.07, 6.45) is 0.139. The zero-order valence-corrected chi connectivity index (χ0v) is 16.6. The van der Waals surface area contributed by atoms with E-state index in [0.717, 1.165) is 27.9 Å². The van der Waals surface area contributed by atoms with Crippen LogP contribution in [0.4, 0.5) is 0 Å². The molecule has 3 nitrogen and oxygen atoms in total. The zero-order chi connectivity index (χ0) is 18.7. The van der Waals surface area contributed by atoms with Gasteiger partial charge in [0.25, 0.3) is 0 Å². The topological polar surface area (TPSA) is 38.0 Å². The Hall–Kier alpha value is -2.04. The van der Waals surface area contributed by atoms with Crippen molar-refractivity contribution in [2.75, 3.05) is 0 Å². The minimum Gasteiger partial charge on any atom is -0.386 e. The van der Waals surface area contributed by atoms with Crippen LogP contribution >= 0.6 is 11.8 Å². The van der Waals surface area contributed by atoms with Gasteiger partial charge in [0, 0.05) is 24.1 Å². The Kier molecular flexibility index (Phi) is 5.54. The van der Waals surface area contributed by atoms with E-state index in [0.29, 0.717) is 0 Å². The molecule has 1 heterocycles. The molecule has 2 aromatic carbocycles. The van der Waals surface area contributed by atoms with E-state index < -0.39 is 6.10 Å². The molecule has 4 heteroatoms. The quantitative estimate of drug-likeness (QED) is 0.671. The molecule has 3 aromatic rings. The van der Waals surface area contributed by atoms with Gasteiger partial charge in [-0.25, -0.2) is 4.98 Å². The Bertz CT molecular complexity index is 851. The minimum atomic E-state index is -0.613. The van der Waals surface area contributed by atoms with E-state index in [1.54, 1.807) is 11.8 Å². The third-order valence-corrected chi connectivity index (χ3v) is 5.51. The van der Waals surface area contributed by atoms with E-state index in [2.05, 4.69) is 28.8 Å². The van der Waals surface area contributed by atoms with Gasteiger partial charge < -0.3 is 9.67 Å². The van der Waals surface area contributed by atoms with E-state index in [-0.39, 0.29) is 5.41 Å². The zero-order valence-electron chi connectivity index (χ0n) is 15.8. The first-order chi connectivity index (χ1) is 12.4. The molecule has 3 rings (SSSR count). The molecule has 0 spiro atoms. The van der Waals surface area contributed by atoms with Crippen LogP contribution in [0.2, 0.25) is 0 Å². The number of hydrogen-bond donors (Lipinski definition) is 1. The van der Waals surface area contributed by atoms with Crippen LogP contribution in [0, 0.1) is 5.41 Å². The minimum absolute atomic E-state index is 0.269. The molecule has 0 bridgehead atoms. The van der Waals surface area contributed by atoms with Crippen LogP contribution in [0.1, 0.15) is 43.8 Å². The van der Waals surface area contributed by atoms with Gasteiger partial charge in [0.1, 0.15) is 6.10 Å². The van der Waals surface area contributed by atoms with E-state index in [1.807, 2.05) is 64.2 Å². The summed E-state index contributed by atoms with van der Waals surface area (Å²) in [6.45, 7) is 6.13. The maximum absolute atomic E-state index is 10.9. The summed E-state index contributed by atoms with van der Waals surface area (Å²) in [5.74, 6) is 0. The molecule has 0 aliphatic rings. The summed E-state index contributed by atoms with van der Waals surface area (Å²) in [5.41, 5.74) is 2.79. The van der Waals surface area contributed by atoms with Crippen molar-refractivity contribution in [3.05, 3.63) is 77.6 Å². The number of benzene rings is 2. The second kappa shape index (κ2) is 7.68. The molecule has 0 fully saturated rings. The molecule has 1 unspecified atom stereocenters. The van der Waals surface area contributed by atoms with Gasteiger partial charge >= 0.3 is 0 Å². The molecule has 1 atom stereocenters. The standard InChI is InChI=1S/C22H26N2OS/c1-22(2,3)20(25)19-18(15-16-11-7-5-8-12-16)24(4)21(23-19)26-17-13-9-6-10-14-17/h5-14,20,25H,15H2,1-4H3. The Balaban J connectivity index is 2.02. The number of hydrogen-bond acceptors (Lipinski definition) is 3. The SMILES string of the molecule is Cn1c(Sc2ccccc2)nc(C(O)C(C)(C)C)c1Cc1ccccc1. The van der Waals surface area contributed by atoms with Gasteiger partial charge in [-0.2, -0.15) is 0 Å². The Morgan fingerprint density at radius 1 is 1.00 bits per heavy atom. The van der Waals surface area contributed by atoms with Crippen molar-refractivity contribution in [3.63, 3.8) is 0 Å². The van der Waals surface area contributed by atoms with E-state index >= 15 is 0 Å². The van der Waals surface area contributed by atoms with Gasteiger partial charge in [0.05, 0.1) is 5.69 Å². The van der Waals surface area contributed by atoms with Crippen molar-refractivity contribution in [3.8, 4) is 0 Å². The van der Waals surface area contributed by atoms with E-state index in [4.69, 9.17) is 4.98 Å². The fraction of sp³-hybridized carbons (Fsp3) is 0.318. The highest BCUT2D eigenvalue weighted by Crippen LogP contribution is 2.37.